The molecule has 2 N–H and O–H groups in total. The van der Waals surface area contributed by atoms with Crippen LogP contribution in [0.2, 0.25) is 0 Å². The van der Waals surface area contributed by atoms with Crippen molar-refractivity contribution in [1.29, 1.82) is 0 Å². The van der Waals surface area contributed by atoms with Crippen molar-refractivity contribution < 1.29 is 0 Å². The first-order chi connectivity index (χ1) is 13.0. The standard InChI is InChI=1S/C21H34N6/c1-17(2)27(18(3)4)14-12-24-21(22-5)25-15-20-23-11-13-26(20)16-19-9-7-6-8-10-19/h6-11,13,17-18H,12,14-16H2,1-5H3,(H2,22,24,25). The third-order valence-electron chi connectivity index (χ3n) is 4.62. The van der Waals surface area contributed by atoms with E-state index in [1.807, 2.05) is 18.5 Å². The van der Waals surface area contributed by atoms with Gasteiger partial charge < -0.3 is 15.2 Å². The lowest BCUT2D eigenvalue weighted by Gasteiger charge is -2.30. The summed E-state index contributed by atoms with van der Waals surface area (Å²) in [4.78, 5) is 11.3. The molecule has 27 heavy (non-hydrogen) atoms. The maximum atomic E-state index is 4.48. The van der Waals surface area contributed by atoms with Crippen LogP contribution in [0.4, 0.5) is 0 Å². The molecule has 6 heteroatoms. The first-order valence-corrected chi connectivity index (χ1v) is 9.75. The van der Waals surface area contributed by atoms with Crippen molar-refractivity contribution >= 4 is 5.96 Å². The van der Waals surface area contributed by atoms with Crippen LogP contribution in [0, 0.1) is 0 Å². The zero-order valence-electron chi connectivity index (χ0n) is 17.3. The number of hydrogen-bond donors (Lipinski definition) is 2. The number of aliphatic imine (C=N–C) groups is 1. The molecule has 1 aromatic carbocycles. The molecule has 6 nitrogen and oxygen atoms in total. The molecule has 2 rings (SSSR count). The molecule has 0 spiro atoms. The van der Waals surface area contributed by atoms with Gasteiger partial charge in [0.15, 0.2) is 5.96 Å². The lowest BCUT2D eigenvalue weighted by Crippen LogP contribution is -2.45. The minimum Gasteiger partial charge on any atom is -0.355 e. The van der Waals surface area contributed by atoms with E-state index in [1.54, 1.807) is 7.05 Å². The van der Waals surface area contributed by atoms with Crippen molar-refractivity contribution in [2.24, 2.45) is 4.99 Å². The molecule has 0 unspecified atom stereocenters. The summed E-state index contributed by atoms with van der Waals surface area (Å²) in [7, 11) is 1.80. The highest BCUT2D eigenvalue weighted by Gasteiger charge is 2.12. The summed E-state index contributed by atoms with van der Waals surface area (Å²) in [6.07, 6.45) is 3.86. The van der Waals surface area contributed by atoms with Gasteiger partial charge in [-0.25, -0.2) is 4.98 Å². The highest BCUT2D eigenvalue weighted by Crippen LogP contribution is 2.06. The van der Waals surface area contributed by atoms with Gasteiger partial charge in [0.2, 0.25) is 0 Å². The predicted molar refractivity (Wildman–Crippen MR) is 113 cm³/mol. The van der Waals surface area contributed by atoms with Gasteiger partial charge in [-0.05, 0) is 33.3 Å². The highest BCUT2D eigenvalue weighted by molar-refractivity contribution is 5.79. The highest BCUT2D eigenvalue weighted by atomic mass is 15.2. The number of rotatable bonds is 9. The smallest absolute Gasteiger partial charge is 0.191 e. The predicted octanol–water partition coefficient (Wildman–Crippen LogP) is 2.72. The van der Waals surface area contributed by atoms with E-state index >= 15 is 0 Å². The zero-order chi connectivity index (χ0) is 19.6. The monoisotopic (exact) mass is 370 g/mol. The van der Waals surface area contributed by atoms with Gasteiger partial charge >= 0.3 is 0 Å². The summed E-state index contributed by atoms with van der Waals surface area (Å²) in [5.74, 6) is 1.80. The average Bonchev–Trinajstić information content (AvgIpc) is 3.08. The fourth-order valence-electron chi connectivity index (χ4n) is 3.23. The van der Waals surface area contributed by atoms with Gasteiger partial charge in [0, 0.05) is 51.2 Å². The van der Waals surface area contributed by atoms with Crippen LogP contribution in [0.5, 0.6) is 0 Å². The van der Waals surface area contributed by atoms with Gasteiger partial charge in [-0.1, -0.05) is 30.3 Å². The molecule has 0 saturated carbocycles. The SMILES string of the molecule is CN=C(NCCN(C(C)C)C(C)C)NCc1nccn1Cc1ccccc1. The minimum atomic E-state index is 0.534. The molecular formula is C21H34N6. The van der Waals surface area contributed by atoms with E-state index in [-0.39, 0.29) is 0 Å². The molecule has 1 aromatic heterocycles. The number of guanidine groups is 1. The van der Waals surface area contributed by atoms with Crippen LogP contribution in [0.25, 0.3) is 0 Å². The van der Waals surface area contributed by atoms with E-state index in [4.69, 9.17) is 0 Å². The Morgan fingerprint density at radius 3 is 2.44 bits per heavy atom. The maximum Gasteiger partial charge on any atom is 0.191 e. The van der Waals surface area contributed by atoms with Gasteiger partial charge in [-0.15, -0.1) is 0 Å². The summed E-state index contributed by atoms with van der Waals surface area (Å²) >= 11 is 0. The quantitative estimate of drug-likeness (QED) is 0.526. The van der Waals surface area contributed by atoms with Crippen LogP contribution in [0.3, 0.4) is 0 Å². The van der Waals surface area contributed by atoms with Gasteiger partial charge in [0.05, 0.1) is 6.54 Å². The molecule has 0 amide bonds. The Hall–Kier alpha value is -2.34. The molecule has 0 radical (unpaired) electrons. The van der Waals surface area contributed by atoms with Gasteiger partial charge in [0.1, 0.15) is 5.82 Å². The number of benzene rings is 1. The van der Waals surface area contributed by atoms with E-state index < -0.39 is 0 Å². The Bertz CT molecular complexity index is 682. The summed E-state index contributed by atoms with van der Waals surface area (Å²) < 4.78 is 2.16. The number of imidazole rings is 1. The molecule has 148 valence electrons. The second-order valence-corrected chi connectivity index (χ2v) is 7.23. The fourth-order valence-corrected chi connectivity index (χ4v) is 3.23. The van der Waals surface area contributed by atoms with E-state index in [0.29, 0.717) is 18.6 Å². The van der Waals surface area contributed by atoms with Gasteiger partial charge in [-0.3, -0.25) is 9.89 Å². The van der Waals surface area contributed by atoms with Crippen molar-refractivity contribution in [3.63, 3.8) is 0 Å². The third-order valence-corrected chi connectivity index (χ3v) is 4.62. The van der Waals surface area contributed by atoms with E-state index in [0.717, 1.165) is 31.4 Å². The second-order valence-electron chi connectivity index (χ2n) is 7.23. The van der Waals surface area contributed by atoms with Crippen LogP contribution in [-0.2, 0) is 13.1 Å². The molecule has 2 aromatic rings. The van der Waals surface area contributed by atoms with E-state index in [2.05, 4.69) is 82.0 Å². The van der Waals surface area contributed by atoms with Gasteiger partial charge in [0.25, 0.3) is 0 Å². The number of aromatic nitrogens is 2. The van der Waals surface area contributed by atoms with Crippen molar-refractivity contribution in [2.75, 3.05) is 20.1 Å². The molecule has 1 heterocycles. The Kier molecular flexibility index (Phi) is 8.33. The topological polar surface area (TPSA) is 57.5 Å². The van der Waals surface area contributed by atoms with E-state index in [1.165, 1.54) is 5.56 Å². The molecule has 0 saturated heterocycles. The second kappa shape index (κ2) is 10.7. The van der Waals surface area contributed by atoms with Crippen molar-refractivity contribution in [2.45, 2.75) is 52.9 Å². The summed E-state index contributed by atoms with van der Waals surface area (Å²) in [6, 6.07) is 11.5. The maximum absolute atomic E-state index is 4.48. The molecule has 0 aliphatic heterocycles. The van der Waals surface area contributed by atoms with Crippen molar-refractivity contribution in [3.05, 3.63) is 54.1 Å². The molecule has 0 aliphatic carbocycles. The lowest BCUT2D eigenvalue weighted by molar-refractivity contribution is 0.178. The first-order valence-electron chi connectivity index (χ1n) is 9.75. The molecule has 0 atom stereocenters. The van der Waals surface area contributed by atoms with Crippen LogP contribution < -0.4 is 10.6 Å². The average molecular weight is 371 g/mol. The summed E-state index contributed by atoms with van der Waals surface area (Å²) in [5, 5.41) is 6.77. The Morgan fingerprint density at radius 1 is 1.11 bits per heavy atom. The van der Waals surface area contributed by atoms with Crippen molar-refractivity contribution in [3.8, 4) is 0 Å². The van der Waals surface area contributed by atoms with E-state index in [9.17, 15) is 0 Å². The van der Waals surface area contributed by atoms with Crippen LogP contribution >= 0.6 is 0 Å². The Labute approximate surface area is 163 Å². The fraction of sp³-hybridized carbons (Fsp3) is 0.524. The lowest BCUT2D eigenvalue weighted by atomic mass is 10.2. The first kappa shape index (κ1) is 21.0. The molecule has 0 bridgehead atoms. The zero-order valence-corrected chi connectivity index (χ0v) is 17.3. The Balaban J connectivity index is 1.84. The largest absolute Gasteiger partial charge is 0.355 e. The van der Waals surface area contributed by atoms with Crippen LogP contribution in [-0.4, -0.2) is 52.6 Å². The van der Waals surface area contributed by atoms with Crippen LogP contribution in [0.1, 0.15) is 39.1 Å². The summed E-state index contributed by atoms with van der Waals surface area (Å²) in [5.41, 5.74) is 1.27. The number of nitrogens with zero attached hydrogens (tertiary/aromatic N) is 4. The summed E-state index contributed by atoms with van der Waals surface area (Å²) in [6.45, 7) is 12.2. The van der Waals surface area contributed by atoms with Crippen LogP contribution in [0.15, 0.2) is 47.7 Å². The molecule has 0 fully saturated rings. The normalized spacial score (nSPS) is 12.2. The number of nitrogens with one attached hydrogen (secondary N) is 2. The molecule has 0 aliphatic rings. The minimum absolute atomic E-state index is 0.534. The molecular weight excluding hydrogens is 336 g/mol. The third kappa shape index (κ3) is 6.71. The van der Waals surface area contributed by atoms with Gasteiger partial charge in [-0.2, -0.15) is 0 Å². The Morgan fingerprint density at radius 2 is 1.81 bits per heavy atom. The van der Waals surface area contributed by atoms with Crippen molar-refractivity contribution in [1.82, 2.24) is 25.1 Å². The number of hydrogen-bond acceptors (Lipinski definition) is 3.